The van der Waals surface area contributed by atoms with Crippen molar-refractivity contribution in [3.8, 4) is 5.75 Å². The number of hydrogen-bond donors (Lipinski definition) is 2. The first-order valence-corrected chi connectivity index (χ1v) is 10.1. The summed E-state index contributed by atoms with van der Waals surface area (Å²) in [5.41, 5.74) is 3.68. The fraction of sp³-hybridized carbons (Fsp3) is 0.227. The number of halogens is 1. The Labute approximate surface area is 182 Å². The predicted molar refractivity (Wildman–Crippen MR) is 117 cm³/mol. The Kier molecular flexibility index (Phi) is 6.89. The van der Waals surface area contributed by atoms with Gasteiger partial charge in [0.25, 0.3) is 5.91 Å². The van der Waals surface area contributed by atoms with Gasteiger partial charge in [-0.05, 0) is 62.7 Å². The minimum Gasteiger partial charge on any atom is -0.489 e. The van der Waals surface area contributed by atoms with Crippen molar-refractivity contribution >= 4 is 33.4 Å². The van der Waals surface area contributed by atoms with Gasteiger partial charge in [0.05, 0.1) is 17.8 Å². The number of benzene rings is 2. The van der Waals surface area contributed by atoms with Crippen LogP contribution in [0.25, 0.3) is 0 Å². The second-order valence-corrected chi connectivity index (χ2v) is 7.73. The summed E-state index contributed by atoms with van der Waals surface area (Å²) in [5, 5.41) is 9.31. The van der Waals surface area contributed by atoms with Crippen molar-refractivity contribution in [3.63, 3.8) is 0 Å². The standard InChI is InChI=1S/C22H22BrN3O4/c1-13-9-17(23)7-8-20(13)25-21(27)11-24-22(28)16-5-4-6-18(10-16)29-12-19-14(2)26-30-15(19)3/h4-10H,11-12H2,1-3H3,(H,24,28)(H,25,27). The highest BCUT2D eigenvalue weighted by Crippen LogP contribution is 2.20. The van der Waals surface area contributed by atoms with Crippen molar-refractivity contribution in [1.82, 2.24) is 10.5 Å². The van der Waals surface area contributed by atoms with Crippen LogP contribution in [0, 0.1) is 20.8 Å². The lowest BCUT2D eigenvalue weighted by atomic mass is 10.2. The molecule has 1 aromatic heterocycles. The van der Waals surface area contributed by atoms with E-state index in [9.17, 15) is 9.59 Å². The molecule has 0 saturated heterocycles. The molecule has 0 spiro atoms. The Morgan fingerprint density at radius 2 is 1.93 bits per heavy atom. The van der Waals surface area contributed by atoms with Gasteiger partial charge in [0, 0.05) is 15.7 Å². The molecule has 7 nitrogen and oxygen atoms in total. The Balaban J connectivity index is 1.55. The molecule has 156 valence electrons. The maximum absolute atomic E-state index is 12.4. The molecule has 2 aromatic carbocycles. The highest BCUT2D eigenvalue weighted by Gasteiger charge is 2.12. The van der Waals surface area contributed by atoms with Gasteiger partial charge in [0.1, 0.15) is 18.1 Å². The van der Waals surface area contributed by atoms with Crippen LogP contribution in [0.15, 0.2) is 51.5 Å². The number of nitrogens with zero attached hydrogens (tertiary/aromatic N) is 1. The summed E-state index contributed by atoms with van der Waals surface area (Å²) in [6.07, 6.45) is 0. The molecule has 0 aliphatic rings. The number of aromatic nitrogens is 1. The van der Waals surface area contributed by atoms with Gasteiger partial charge in [-0.1, -0.05) is 27.2 Å². The van der Waals surface area contributed by atoms with Crippen molar-refractivity contribution in [2.75, 3.05) is 11.9 Å². The van der Waals surface area contributed by atoms with Gasteiger partial charge < -0.3 is 19.9 Å². The molecule has 2 amide bonds. The molecule has 0 aliphatic heterocycles. The molecule has 3 aromatic rings. The van der Waals surface area contributed by atoms with E-state index in [-0.39, 0.29) is 18.4 Å². The zero-order valence-corrected chi connectivity index (χ0v) is 18.5. The molecule has 3 rings (SSSR count). The third-order valence-corrected chi connectivity index (χ3v) is 5.03. The number of nitrogens with one attached hydrogen (secondary N) is 2. The maximum Gasteiger partial charge on any atom is 0.251 e. The van der Waals surface area contributed by atoms with E-state index in [0.717, 1.165) is 21.3 Å². The Hall–Kier alpha value is -3.13. The quantitative estimate of drug-likeness (QED) is 0.535. The van der Waals surface area contributed by atoms with Crippen molar-refractivity contribution < 1.29 is 18.8 Å². The number of amides is 2. The normalized spacial score (nSPS) is 10.5. The van der Waals surface area contributed by atoms with Crippen LogP contribution in [0.4, 0.5) is 5.69 Å². The first-order valence-electron chi connectivity index (χ1n) is 9.32. The summed E-state index contributed by atoms with van der Waals surface area (Å²) >= 11 is 3.39. The van der Waals surface area contributed by atoms with Gasteiger partial charge in [0.2, 0.25) is 5.91 Å². The summed E-state index contributed by atoms with van der Waals surface area (Å²) in [7, 11) is 0. The SMILES string of the molecule is Cc1cc(Br)ccc1NC(=O)CNC(=O)c1cccc(OCc2c(C)noc2C)c1. The van der Waals surface area contributed by atoms with E-state index in [1.807, 2.05) is 32.9 Å². The average Bonchev–Trinajstić information content (AvgIpc) is 3.04. The lowest BCUT2D eigenvalue weighted by Crippen LogP contribution is -2.33. The average molecular weight is 472 g/mol. The zero-order chi connectivity index (χ0) is 21.7. The minimum absolute atomic E-state index is 0.140. The fourth-order valence-electron chi connectivity index (χ4n) is 2.81. The van der Waals surface area contributed by atoms with E-state index >= 15 is 0 Å². The van der Waals surface area contributed by atoms with Gasteiger partial charge in [-0.3, -0.25) is 9.59 Å². The number of carbonyl (C=O) groups is 2. The van der Waals surface area contributed by atoms with Crippen molar-refractivity contribution in [2.45, 2.75) is 27.4 Å². The number of rotatable bonds is 7. The summed E-state index contributed by atoms with van der Waals surface area (Å²) in [5.74, 6) is 0.575. The molecular formula is C22H22BrN3O4. The maximum atomic E-state index is 12.4. The first-order chi connectivity index (χ1) is 14.3. The summed E-state index contributed by atoms with van der Waals surface area (Å²) < 4.78 is 11.8. The molecule has 0 atom stereocenters. The summed E-state index contributed by atoms with van der Waals surface area (Å²) in [6.45, 7) is 5.72. The van der Waals surface area contributed by atoms with Gasteiger partial charge >= 0.3 is 0 Å². The van der Waals surface area contributed by atoms with Crippen LogP contribution in [0.3, 0.4) is 0 Å². The van der Waals surface area contributed by atoms with E-state index in [2.05, 4.69) is 31.7 Å². The van der Waals surface area contributed by atoms with Crippen LogP contribution in [0.2, 0.25) is 0 Å². The predicted octanol–water partition coefficient (Wildman–Crippen LogP) is 4.31. The fourth-order valence-corrected chi connectivity index (χ4v) is 3.29. The Morgan fingerprint density at radius 3 is 2.63 bits per heavy atom. The van der Waals surface area contributed by atoms with E-state index in [1.54, 1.807) is 30.3 Å². The van der Waals surface area contributed by atoms with Crippen molar-refractivity contribution in [2.24, 2.45) is 0 Å². The molecule has 2 N–H and O–H groups in total. The van der Waals surface area contributed by atoms with E-state index in [4.69, 9.17) is 9.26 Å². The van der Waals surface area contributed by atoms with E-state index in [1.165, 1.54) is 0 Å². The van der Waals surface area contributed by atoms with Crippen LogP contribution in [-0.4, -0.2) is 23.5 Å². The molecule has 0 radical (unpaired) electrons. The molecule has 0 saturated carbocycles. The molecular weight excluding hydrogens is 450 g/mol. The van der Waals surface area contributed by atoms with E-state index < -0.39 is 0 Å². The molecule has 0 bridgehead atoms. The second-order valence-electron chi connectivity index (χ2n) is 6.81. The lowest BCUT2D eigenvalue weighted by Gasteiger charge is -2.10. The van der Waals surface area contributed by atoms with Crippen LogP contribution in [-0.2, 0) is 11.4 Å². The number of anilines is 1. The number of hydrogen-bond acceptors (Lipinski definition) is 5. The number of aryl methyl sites for hydroxylation is 3. The molecule has 30 heavy (non-hydrogen) atoms. The molecule has 8 heteroatoms. The zero-order valence-electron chi connectivity index (χ0n) is 16.9. The smallest absolute Gasteiger partial charge is 0.251 e. The van der Waals surface area contributed by atoms with Crippen molar-refractivity contribution in [3.05, 3.63) is 75.1 Å². The Bertz CT molecular complexity index is 1060. The summed E-state index contributed by atoms with van der Waals surface area (Å²) in [6, 6.07) is 12.3. The van der Waals surface area contributed by atoms with Gasteiger partial charge in [-0.25, -0.2) is 0 Å². The third-order valence-electron chi connectivity index (χ3n) is 4.53. The molecule has 0 unspecified atom stereocenters. The monoisotopic (exact) mass is 471 g/mol. The third kappa shape index (κ3) is 5.48. The Morgan fingerprint density at radius 1 is 1.13 bits per heavy atom. The lowest BCUT2D eigenvalue weighted by molar-refractivity contribution is -0.115. The summed E-state index contributed by atoms with van der Waals surface area (Å²) in [4.78, 5) is 24.6. The van der Waals surface area contributed by atoms with Crippen LogP contribution in [0.1, 0.15) is 32.9 Å². The second kappa shape index (κ2) is 9.58. The number of carbonyl (C=O) groups excluding carboxylic acids is 2. The van der Waals surface area contributed by atoms with Gasteiger partial charge in [-0.2, -0.15) is 0 Å². The van der Waals surface area contributed by atoms with Crippen LogP contribution < -0.4 is 15.4 Å². The number of ether oxygens (including phenoxy) is 1. The molecule has 0 fully saturated rings. The highest BCUT2D eigenvalue weighted by atomic mass is 79.9. The van der Waals surface area contributed by atoms with Crippen LogP contribution >= 0.6 is 15.9 Å². The molecule has 0 aliphatic carbocycles. The first kappa shape index (κ1) is 21.6. The molecule has 1 heterocycles. The minimum atomic E-state index is -0.361. The largest absolute Gasteiger partial charge is 0.489 e. The highest BCUT2D eigenvalue weighted by molar-refractivity contribution is 9.10. The van der Waals surface area contributed by atoms with Crippen molar-refractivity contribution in [1.29, 1.82) is 0 Å². The topological polar surface area (TPSA) is 93.5 Å². The van der Waals surface area contributed by atoms with Crippen LogP contribution in [0.5, 0.6) is 5.75 Å². The van der Waals surface area contributed by atoms with Gasteiger partial charge in [-0.15, -0.1) is 0 Å². The van der Waals surface area contributed by atoms with E-state index in [0.29, 0.717) is 29.4 Å². The van der Waals surface area contributed by atoms with Gasteiger partial charge in [0.15, 0.2) is 0 Å².